The van der Waals surface area contributed by atoms with Crippen LogP contribution < -0.4 is 0 Å². The van der Waals surface area contributed by atoms with Gasteiger partial charge in [0.25, 0.3) is 0 Å². The van der Waals surface area contributed by atoms with Crippen LogP contribution in [0.4, 0.5) is 0 Å². The quantitative estimate of drug-likeness (QED) is 0.234. The summed E-state index contributed by atoms with van der Waals surface area (Å²) < 4.78 is 22.2. The van der Waals surface area contributed by atoms with Gasteiger partial charge < -0.3 is 39.4 Å². The van der Waals surface area contributed by atoms with E-state index in [9.17, 15) is 34.8 Å². The molecule has 11 heteroatoms. The molecule has 0 radical (unpaired) electrons. The van der Waals surface area contributed by atoms with E-state index in [-0.39, 0.29) is 0 Å². The third-order valence-electron chi connectivity index (χ3n) is 8.95. The van der Waals surface area contributed by atoms with Crippen molar-refractivity contribution in [2.24, 2.45) is 28.1 Å². The predicted molar refractivity (Wildman–Crippen MR) is 93.4 cm³/mol. The molecule has 6 rings (SSSR count). The van der Waals surface area contributed by atoms with E-state index in [1.165, 1.54) is 6.92 Å². The summed E-state index contributed by atoms with van der Waals surface area (Å²) in [5.74, 6) is -5.22. The maximum Gasteiger partial charge on any atom is 0.343 e. The van der Waals surface area contributed by atoms with E-state index in [1.54, 1.807) is 20.8 Å². The van der Waals surface area contributed by atoms with Gasteiger partial charge in [-0.05, 0) is 12.3 Å². The molecule has 0 aromatic carbocycles. The number of fused-ring (bicyclic) bond motifs is 1. The van der Waals surface area contributed by atoms with Crippen LogP contribution in [0, 0.1) is 28.1 Å². The van der Waals surface area contributed by atoms with Crippen LogP contribution in [0.5, 0.6) is 0 Å². The Hall–Kier alpha value is -1.79. The van der Waals surface area contributed by atoms with Gasteiger partial charge in [-0.3, -0.25) is 4.79 Å². The second kappa shape index (κ2) is 4.91. The highest BCUT2D eigenvalue weighted by atomic mass is 16.8. The molecule has 31 heavy (non-hydrogen) atoms. The molecule has 0 bridgehead atoms. The van der Waals surface area contributed by atoms with Crippen LogP contribution in [-0.4, -0.2) is 86.3 Å². The lowest BCUT2D eigenvalue weighted by Crippen LogP contribution is -2.67. The van der Waals surface area contributed by atoms with E-state index in [0.717, 1.165) is 0 Å². The first kappa shape index (κ1) is 19.9. The Morgan fingerprint density at radius 1 is 0.935 bits per heavy atom. The molecule has 11 nitrogen and oxygen atoms in total. The lowest BCUT2D eigenvalue weighted by atomic mass is 9.51. The van der Waals surface area contributed by atoms with Crippen molar-refractivity contribution in [2.75, 3.05) is 0 Å². The first-order chi connectivity index (χ1) is 14.3. The van der Waals surface area contributed by atoms with Crippen molar-refractivity contribution in [3.05, 3.63) is 0 Å². The highest BCUT2D eigenvalue weighted by Crippen LogP contribution is 2.84. The van der Waals surface area contributed by atoms with Crippen molar-refractivity contribution in [2.45, 2.75) is 75.7 Å². The topological polar surface area (TPSA) is 169 Å². The fourth-order valence-electron chi connectivity index (χ4n) is 8.27. The van der Waals surface area contributed by atoms with Crippen molar-refractivity contribution >= 4 is 17.9 Å². The Bertz CT molecular complexity index is 957. The van der Waals surface area contributed by atoms with Gasteiger partial charge in [-0.25, -0.2) is 9.59 Å². The standard InChI is InChI=1S/C20H24O11/c1-5-12(24)28-11-8(22)18-10-6(21)7(16(2,3)4)17(18)9(23)13(25)30-15(17)31-20(18,14(26)29-10)19(5,11)27/h5-11,15,21-23,27H,1-4H3/t5-,6+,7+,8+,9+,10-,11+,15?,17-,18-,19-,20-/m1/s1. The Balaban J connectivity index is 1.75. The number of ether oxygens (including phenoxy) is 4. The molecule has 2 spiro atoms. The molecule has 4 saturated heterocycles. The molecule has 6 aliphatic rings. The van der Waals surface area contributed by atoms with E-state index >= 15 is 0 Å². The average molecular weight is 440 g/mol. The normalized spacial score (nSPS) is 61.0. The molecular weight excluding hydrogens is 416 g/mol. The van der Waals surface area contributed by atoms with Gasteiger partial charge in [0.05, 0.1) is 22.9 Å². The lowest BCUT2D eigenvalue weighted by Gasteiger charge is -2.47. The van der Waals surface area contributed by atoms with Gasteiger partial charge in [0.2, 0.25) is 11.9 Å². The average Bonchev–Trinajstić information content (AvgIpc) is 3.35. The largest absolute Gasteiger partial charge is 0.456 e. The molecule has 4 heterocycles. The monoisotopic (exact) mass is 440 g/mol. The maximum atomic E-state index is 13.4. The summed E-state index contributed by atoms with van der Waals surface area (Å²) in [6, 6.07) is 0. The van der Waals surface area contributed by atoms with Crippen LogP contribution in [0.3, 0.4) is 0 Å². The third-order valence-corrected chi connectivity index (χ3v) is 8.95. The number of carbonyl (C=O) groups excluding carboxylic acids is 3. The summed E-state index contributed by atoms with van der Waals surface area (Å²) in [6.07, 6.45) is -9.69. The second-order valence-corrected chi connectivity index (χ2v) is 10.8. The lowest BCUT2D eigenvalue weighted by molar-refractivity contribution is -0.240. The fourth-order valence-corrected chi connectivity index (χ4v) is 8.27. The Kier molecular flexibility index (Phi) is 3.15. The van der Waals surface area contributed by atoms with Crippen LogP contribution >= 0.6 is 0 Å². The minimum absolute atomic E-state index is 0.792. The Labute approximate surface area is 176 Å². The molecule has 0 amide bonds. The first-order valence-electron chi connectivity index (χ1n) is 10.3. The van der Waals surface area contributed by atoms with E-state index < -0.39 is 94.0 Å². The van der Waals surface area contributed by atoms with E-state index in [0.29, 0.717) is 0 Å². The Morgan fingerprint density at radius 2 is 1.58 bits per heavy atom. The summed E-state index contributed by atoms with van der Waals surface area (Å²) in [5, 5.41) is 46.1. The van der Waals surface area contributed by atoms with Gasteiger partial charge in [0, 0.05) is 5.92 Å². The molecule has 2 saturated carbocycles. The van der Waals surface area contributed by atoms with Crippen molar-refractivity contribution in [1.82, 2.24) is 0 Å². The predicted octanol–water partition coefficient (Wildman–Crippen LogP) is -2.40. The van der Waals surface area contributed by atoms with Crippen LogP contribution in [0.1, 0.15) is 27.7 Å². The molecule has 4 aliphatic heterocycles. The smallest absolute Gasteiger partial charge is 0.343 e. The van der Waals surface area contributed by atoms with E-state index in [1.807, 2.05) is 0 Å². The zero-order valence-corrected chi connectivity index (χ0v) is 17.3. The highest BCUT2D eigenvalue weighted by Gasteiger charge is 3.05. The second-order valence-electron chi connectivity index (χ2n) is 10.8. The first-order valence-corrected chi connectivity index (χ1v) is 10.3. The zero-order chi connectivity index (χ0) is 22.7. The number of rotatable bonds is 0. The van der Waals surface area contributed by atoms with Crippen molar-refractivity contribution in [3.63, 3.8) is 0 Å². The summed E-state index contributed by atoms with van der Waals surface area (Å²) in [6.45, 7) is 6.63. The number of carbonyl (C=O) groups is 3. The Morgan fingerprint density at radius 3 is 2.19 bits per heavy atom. The number of esters is 3. The SMILES string of the molecule is C[C@@H]1C(=O)O[C@H]2[C@H](O)[C@]34[C@@H]5OC(=O)[C@]3(OC3OC(=O)[C@H](O)[C@]34[C@H](C(C)(C)C)[C@@H]5O)[C@@]12O. The summed E-state index contributed by atoms with van der Waals surface area (Å²) in [7, 11) is 0. The highest BCUT2D eigenvalue weighted by molar-refractivity contribution is 5.94. The van der Waals surface area contributed by atoms with Crippen molar-refractivity contribution in [1.29, 1.82) is 0 Å². The van der Waals surface area contributed by atoms with Crippen LogP contribution in [0.25, 0.3) is 0 Å². The molecule has 6 fully saturated rings. The van der Waals surface area contributed by atoms with Gasteiger partial charge >= 0.3 is 17.9 Å². The van der Waals surface area contributed by atoms with Crippen LogP contribution in [0.2, 0.25) is 0 Å². The molecule has 0 aromatic heterocycles. The van der Waals surface area contributed by atoms with Crippen LogP contribution in [0.15, 0.2) is 0 Å². The molecule has 4 N–H and O–H groups in total. The van der Waals surface area contributed by atoms with Gasteiger partial charge in [0.15, 0.2) is 17.8 Å². The molecule has 12 atom stereocenters. The molecule has 170 valence electrons. The summed E-state index contributed by atoms with van der Waals surface area (Å²) in [4.78, 5) is 38.3. The van der Waals surface area contributed by atoms with Crippen molar-refractivity contribution in [3.8, 4) is 0 Å². The van der Waals surface area contributed by atoms with Crippen LogP contribution in [-0.2, 0) is 33.3 Å². The van der Waals surface area contributed by atoms with Gasteiger partial charge in [-0.2, -0.15) is 0 Å². The van der Waals surface area contributed by atoms with Gasteiger partial charge in [-0.1, -0.05) is 20.8 Å². The molecule has 1 unspecified atom stereocenters. The molecule has 0 aromatic rings. The number of hydrogen-bond acceptors (Lipinski definition) is 11. The summed E-state index contributed by atoms with van der Waals surface area (Å²) in [5.41, 5.74) is -9.40. The van der Waals surface area contributed by atoms with Gasteiger partial charge in [-0.15, -0.1) is 0 Å². The van der Waals surface area contributed by atoms with Gasteiger partial charge in [0.1, 0.15) is 12.2 Å². The minimum Gasteiger partial charge on any atom is -0.456 e. The maximum absolute atomic E-state index is 13.4. The number of aliphatic hydroxyl groups excluding tert-OH is 3. The van der Waals surface area contributed by atoms with Crippen molar-refractivity contribution < 1.29 is 53.8 Å². The number of aliphatic hydroxyl groups is 4. The molecule has 2 aliphatic carbocycles. The minimum atomic E-state index is -2.40. The summed E-state index contributed by atoms with van der Waals surface area (Å²) >= 11 is 0. The third kappa shape index (κ3) is 1.43. The number of hydrogen-bond donors (Lipinski definition) is 4. The van der Waals surface area contributed by atoms with E-state index in [4.69, 9.17) is 18.9 Å². The fraction of sp³-hybridized carbons (Fsp3) is 0.850. The zero-order valence-electron chi connectivity index (χ0n) is 17.3. The van der Waals surface area contributed by atoms with E-state index in [2.05, 4.69) is 0 Å². The molecular formula is C20H24O11.